The fourth-order valence-electron chi connectivity index (χ4n) is 0.951. The zero-order valence-corrected chi connectivity index (χ0v) is 11.4. The highest BCUT2D eigenvalue weighted by Gasteiger charge is 2.16. The molecule has 1 amide bonds. The molecule has 0 aliphatic heterocycles. The number of halogens is 1. The average Bonchev–Trinajstić information content (AvgIpc) is 2.21. The second-order valence-electron chi connectivity index (χ2n) is 3.02. The molecule has 9 heteroatoms. The van der Waals surface area contributed by atoms with E-state index in [9.17, 15) is 13.2 Å². The normalized spacial score (nSPS) is 10.8. The first-order valence-electron chi connectivity index (χ1n) is 4.34. The van der Waals surface area contributed by atoms with E-state index in [0.29, 0.717) is 5.56 Å². The molecular weight excluding hydrogens is 314 g/mol. The van der Waals surface area contributed by atoms with Crippen molar-refractivity contribution >= 4 is 38.1 Å². The summed E-state index contributed by atoms with van der Waals surface area (Å²) in [5.74, 6) is 0.129. The number of rotatable bonds is 3. The maximum absolute atomic E-state index is 11.4. The Morgan fingerprint density at radius 1 is 1.53 bits per heavy atom. The number of amides is 1. The summed E-state index contributed by atoms with van der Waals surface area (Å²) in [6.07, 6.45) is 0.357. The molecule has 17 heavy (non-hydrogen) atoms. The molecule has 94 valence electrons. The average molecular weight is 324 g/mol. The molecule has 0 radical (unpaired) electrons. The van der Waals surface area contributed by atoms with Gasteiger partial charge in [0.25, 0.3) is 0 Å². The largest absolute Gasteiger partial charge is 0.452 e. The number of carbonyl (C=O) groups excluding carboxylic acids is 1. The number of anilines is 1. The molecule has 0 saturated carbocycles. The van der Waals surface area contributed by atoms with Gasteiger partial charge >= 0.3 is 16.3 Å². The maximum Gasteiger partial charge on any atom is 0.422 e. The maximum atomic E-state index is 11.4. The molecule has 1 rings (SSSR count). The molecule has 0 spiro atoms. The van der Waals surface area contributed by atoms with E-state index in [0.717, 1.165) is 11.6 Å². The van der Waals surface area contributed by atoms with E-state index in [4.69, 9.17) is 0 Å². The molecule has 1 aromatic heterocycles. The van der Waals surface area contributed by atoms with E-state index < -0.39 is 16.3 Å². The Labute approximate surface area is 107 Å². The number of methoxy groups -OCH3 is 1. The molecule has 0 fully saturated rings. The van der Waals surface area contributed by atoms with E-state index in [2.05, 4.69) is 30.4 Å². The van der Waals surface area contributed by atoms with Gasteiger partial charge in [0, 0.05) is 10.7 Å². The second kappa shape index (κ2) is 5.32. The summed E-state index contributed by atoms with van der Waals surface area (Å²) in [5.41, 5.74) is 0.606. The molecular formula is C8H10BrN3O4S. The van der Waals surface area contributed by atoms with Gasteiger partial charge in [0.05, 0.1) is 7.11 Å². The van der Waals surface area contributed by atoms with Crippen LogP contribution in [0, 0.1) is 6.92 Å². The number of pyridine rings is 1. The fourth-order valence-corrected chi connectivity index (χ4v) is 2.22. The van der Waals surface area contributed by atoms with Crippen molar-refractivity contribution in [3.8, 4) is 0 Å². The number of nitrogens with zero attached hydrogens (tertiary/aromatic N) is 1. The first-order valence-corrected chi connectivity index (χ1v) is 6.62. The molecule has 0 bridgehead atoms. The van der Waals surface area contributed by atoms with Crippen LogP contribution in [0.5, 0.6) is 0 Å². The summed E-state index contributed by atoms with van der Waals surface area (Å²) in [6, 6.07) is 1.68. The Morgan fingerprint density at radius 2 is 2.18 bits per heavy atom. The van der Waals surface area contributed by atoms with Gasteiger partial charge in [0.15, 0.2) is 0 Å². The van der Waals surface area contributed by atoms with Crippen LogP contribution in [0.15, 0.2) is 16.7 Å². The Hall–Kier alpha value is -1.35. The standard InChI is InChI=1S/C8H10BrN3O4S/c1-5-3-6(9)4-10-7(5)11-17(14,15)12-8(13)16-2/h3-4H,1-2H3,(H,10,11)(H,12,13). The monoisotopic (exact) mass is 323 g/mol. The molecule has 0 unspecified atom stereocenters. The Balaban J connectivity index is 2.87. The number of aryl methyl sites for hydroxylation is 1. The lowest BCUT2D eigenvalue weighted by Gasteiger charge is -2.09. The minimum absolute atomic E-state index is 0.129. The summed E-state index contributed by atoms with van der Waals surface area (Å²) in [5, 5.41) is 0. The number of carbonyl (C=O) groups is 1. The van der Waals surface area contributed by atoms with Gasteiger partial charge in [-0.2, -0.15) is 8.42 Å². The van der Waals surface area contributed by atoms with Crippen molar-refractivity contribution in [2.45, 2.75) is 6.92 Å². The van der Waals surface area contributed by atoms with Crippen molar-refractivity contribution in [2.75, 3.05) is 11.8 Å². The molecule has 0 aromatic carbocycles. The highest BCUT2D eigenvalue weighted by atomic mass is 79.9. The number of hydrogen-bond acceptors (Lipinski definition) is 5. The summed E-state index contributed by atoms with van der Waals surface area (Å²) < 4.78 is 31.5. The lowest BCUT2D eigenvalue weighted by atomic mass is 10.3. The molecule has 0 aliphatic carbocycles. The fraction of sp³-hybridized carbons (Fsp3) is 0.250. The first-order chi connectivity index (χ1) is 7.84. The molecule has 0 atom stereocenters. The zero-order chi connectivity index (χ0) is 13.1. The van der Waals surface area contributed by atoms with Gasteiger partial charge < -0.3 is 4.74 Å². The Bertz CT molecular complexity index is 532. The van der Waals surface area contributed by atoms with Crippen molar-refractivity contribution in [1.82, 2.24) is 9.71 Å². The summed E-state index contributed by atoms with van der Waals surface area (Å²) >= 11 is 3.20. The van der Waals surface area contributed by atoms with Crippen molar-refractivity contribution in [3.63, 3.8) is 0 Å². The van der Waals surface area contributed by atoms with Crippen LogP contribution >= 0.6 is 15.9 Å². The predicted molar refractivity (Wildman–Crippen MR) is 64.8 cm³/mol. The van der Waals surface area contributed by atoms with E-state index in [1.807, 2.05) is 0 Å². The van der Waals surface area contributed by atoms with E-state index in [1.54, 1.807) is 17.7 Å². The molecule has 7 nitrogen and oxygen atoms in total. The zero-order valence-electron chi connectivity index (χ0n) is 9.02. The van der Waals surface area contributed by atoms with Crippen LogP contribution in [0.2, 0.25) is 0 Å². The van der Waals surface area contributed by atoms with Crippen molar-refractivity contribution in [1.29, 1.82) is 0 Å². The number of aromatic nitrogens is 1. The quantitative estimate of drug-likeness (QED) is 0.870. The van der Waals surface area contributed by atoms with Crippen LogP contribution in [0.3, 0.4) is 0 Å². The van der Waals surface area contributed by atoms with Crippen molar-refractivity contribution in [2.24, 2.45) is 0 Å². The van der Waals surface area contributed by atoms with Gasteiger partial charge in [-0.25, -0.2) is 19.2 Å². The number of hydrogen-bond donors (Lipinski definition) is 2. The van der Waals surface area contributed by atoms with Gasteiger partial charge in [-0.3, -0.25) is 0 Å². The molecule has 1 heterocycles. The van der Waals surface area contributed by atoms with Crippen LogP contribution in [-0.4, -0.2) is 26.6 Å². The third-order valence-electron chi connectivity index (χ3n) is 1.68. The van der Waals surface area contributed by atoms with Gasteiger partial charge in [0.1, 0.15) is 5.82 Å². The molecule has 0 aliphatic rings. The second-order valence-corrected chi connectivity index (χ2v) is 5.35. The minimum atomic E-state index is -4.03. The highest BCUT2D eigenvalue weighted by molar-refractivity contribution is 9.10. The van der Waals surface area contributed by atoms with Gasteiger partial charge in [-0.05, 0) is 34.5 Å². The van der Waals surface area contributed by atoms with Gasteiger partial charge in [-0.15, -0.1) is 0 Å². The third kappa shape index (κ3) is 4.19. The number of ether oxygens (including phenoxy) is 1. The van der Waals surface area contributed by atoms with Gasteiger partial charge in [0.2, 0.25) is 0 Å². The Morgan fingerprint density at radius 3 is 2.71 bits per heavy atom. The first kappa shape index (κ1) is 13.7. The summed E-state index contributed by atoms with van der Waals surface area (Å²) in [7, 11) is -2.97. The summed E-state index contributed by atoms with van der Waals surface area (Å²) in [6.45, 7) is 1.67. The van der Waals surface area contributed by atoms with Crippen LogP contribution in [0.4, 0.5) is 10.6 Å². The molecule has 1 aromatic rings. The van der Waals surface area contributed by atoms with E-state index >= 15 is 0 Å². The highest BCUT2D eigenvalue weighted by Crippen LogP contribution is 2.17. The minimum Gasteiger partial charge on any atom is -0.452 e. The number of nitrogens with one attached hydrogen (secondary N) is 2. The molecule has 0 saturated heterocycles. The Kier molecular flexibility index (Phi) is 4.29. The van der Waals surface area contributed by atoms with Crippen LogP contribution in [0.25, 0.3) is 0 Å². The van der Waals surface area contributed by atoms with Crippen LogP contribution in [0.1, 0.15) is 5.56 Å². The van der Waals surface area contributed by atoms with Crippen molar-refractivity contribution < 1.29 is 17.9 Å². The lowest BCUT2D eigenvalue weighted by Crippen LogP contribution is -2.35. The lowest BCUT2D eigenvalue weighted by molar-refractivity contribution is 0.177. The van der Waals surface area contributed by atoms with Crippen molar-refractivity contribution in [3.05, 3.63) is 22.3 Å². The smallest absolute Gasteiger partial charge is 0.422 e. The van der Waals surface area contributed by atoms with E-state index in [1.165, 1.54) is 6.20 Å². The van der Waals surface area contributed by atoms with E-state index in [-0.39, 0.29) is 5.82 Å². The topological polar surface area (TPSA) is 97.4 Å². The molecule has 2 N–H and O–H groups in total. The van der Waals surface area contributed by atoms with Gasteiger partial charge in [-0.1, -0.05) is 0 Å². The van der Waals surface area contributed by atoms with Crippen LogP contribution in [-0.2, 0) is 14.9 Å². The summed E-state index contributed by atoms with van der Waals surface area (Å²) in [4.78, 5) is 14.6. The van der Waals surface area contributed by atoms with Crippen LogP contribution < -0.4 is 9.44 Å². The SMILES string of the molecule is COC(=O)NS(=O)(=O)Nc1ncc(Br)cc1C. The predicted octanol–water partition coefficient (Wildman–Crippen LogP) is 1.17. The third-order valence-corrected chi connectivity index (χ3v) is 3.01.